The van der Waals surface area contributed by atoms with E-state index in [1.54, 1.807) is 40.1 Å². The summed E-state index contributed by atoms with van der Waals surface area (Å²) in [6, 6.07) is 14.9. The fraction of sp³-hybridized carbons (Fsp3) is 0.429. The summed E-state index contributed by atoms with van der Waals surface area (Å²) in [4.78, 5) is 59.4. The maximum atomic E-state index is 14.8. The zero-order valence-corrected chi connectivity index (χ0v) is 28.1. The van der Waals surface area contributed by atoms with E-state index in [9.17, 15) is 24.3 Å². The number of benzene rings is 2. The average molecular weight is 727 g/mol. The van der Waals surface area contributed by atoms with E-state index in [0.717, 1.165) is 0 Å². The van der Waals surface area contributed by atoms with Crippen molar-refractivity contribution in [3.63, 3.8) is 0 Å². The SMILES string of the molecule is O=C1CC/C=C\CN(c2ccc(Cl)cc2)C(=O)[C@@H]2N(CCCCCO)C(=O)[C@H]3[C@H](C(=O)O[C@H](c4ccccc4)CN1)[C@H]1O[C@@]23C=C1Br. The number of anilines is 1. The lowest BCUT2D eigenvalue weighted by atomic mass is 9.74. The van der Waals surface area contributed by atoms with Gasteiger partial charge in [0.25, 0.3) is 5.91 Å². The summed E-state index contributed by atoms with van der Waals surface area (Å²) >= 11 is 9.78. The number of carbonyl (C=O) groups is 4. The van der Waals surface area contributed by atoms with Crippen LogP contribution in [0.2, 0.25) is 5.02 Å². The topological polar surface area (TPSA) is 125 Å². The third-order valence-electron chi connectivity index (χ3n) is 9.30. The number of nitrogens with zero attached hydrogens (tertiary/aromatic N) is 2. The van der Waals surface area contributed by atoms with Crippen LogP contribution in [0.3, 0.4) is 0 Å². The van der Waals surface area contributed by atoms with Crippen LogP contribution in [-0.4, -0.2) is 77.7 Å². The Hall–Kier alpha value is -3.51. The van der Waals surface area contributed by atoms with E-state index in [-0.39, 0.29) is 50.4 Å². The second-order valence-corrected chi connectivity index (χ2v) is 13.6. The predicted octanol–water partition coefficient (Wildman–Crippen LogP) is 4.46. The molecule has 2 N–H and O–H groups in total. The second-order valence-electron chi connectivity index (χ2n) is 12.2. The Morgan fingerprint density at radius 2 is 1.74 bits per heavy atom. The minimum atomic E-state index is -1.42. The van der Waals surface area contributed by atoms with E-state index < -0.39 is 41.7 Å². The molecule has 0 aromatic heterocycles. The smallest absolute Gasteiger partial charge is 0.313 e. The van der Waals surface area contributed by atoms with Crippen molar-refractivity contribution < 1.29 is 33.8 Å². The Kier molecular flexibility index (Phi) is 10.2. The van der Waals surface area contributed by atoms with Gasteiger partial charge in [0.15, 0.2) is 0 Å². The number of aliphatic hydroxyl groups excluding tert-OH is 1. The van der Waals surface area contributed by atoms with Gasteiger partial charge < -0.3 is 29.7 Å². The lowest BCUT2D eigenvalue weighted by Crippen LogP contribution is -2.56. The summed E-state index contributed by atoms with van der Waals surface area (Å²) in [6.07, 6.45) is 6.24. The molecule has 1 spiro atoms. The normalized spacial score (nSPS) is 30.2. The quantitative estimate of drug-likeness (QED) is 0.245. The van der Waals surface area contributed by atoms with Crippen LogP contribution in [0.1, 0.15) is 43.8 Å². The molecule has 4 heterocycles. The standard InChI is InChI=1S/C35H37BrClN3O7/c36-25-20-35-29-28(30(25)47-35)34(45)46-26(22-10-4-1-5-11-22)21-38-27(42)12-6-2-7-17-39(24-15-13-23(37)14-16-24)33(44)31(35)40(32(29)43)18-8-3-9-19-41/h1-2,4-5,7,10-11,13-16,20,26,28-31,41H,3,6,8-9,12,17-19,21H2,(H,38,42)/b7-2-/t26-,28-,29+,30-,31-,35+/m0/s1. The summed E-state index contributed by atoms with van der Waals surface area (Å²) in [6.45, 7) is 0.496. The van der Waals surface area contributed by atoms with Crippen molar-refractivity contribution in [1.29, 1.82) is 0 Å². The molecular weight excluding hydrogens is 690 g/mol. The van der Waals surface area contributed by atoms with E-state index in [1.807, 2.05) is 42.5 Å². The van der Waals surface area contributed by atoms with Crippen LogP contribution in [0.25, 0.3) is 0 Å². The number of hydrogen-bond donors (Lipinski definition) is 2. The lowest BCUT2D eigenvalue weighted by molar-refractivity contribution is -0.159. The van der Waals surface area contributed by atoms with Crippen LogP contribution in [0.4, 0.5) is 5.69 Å². The first kappa shape index (κ1) is 33.4. The molecule has 12 heteroatoms. The largest absolute Gasteiger partial charge is 0.455 e. The van der Waals surface area contributed by atoms with Crippen LogP contribution in [0.5, 0.6) is 0 Å². The number of allylic oxidation sites excluding steroid dienone is 1. The van der Waals surface area contributed by atoms with E-state index >= 15 is 0 Å². The Labute approximate surface area is 286 Å². The summed E-state index contributed by atoms with van der Waals surface area (Å²) in [5.74, 6) is -3.60. The zero-order chi connectivity index (χ0) is 33.1. The van der Waals surface area contributed by atoms with Gasteiger partial charge in [0, 0.05) is 41.3 Å². The van der Waals surface area contributed by atoms with Gasteiger partial charge in [-0.25, -0.2) is 0 Å². The summed E-state index contributed by atoms with van der Waals surface area (Å²) in [5, 5.41) is 12.8. The number of likely N-dealkylation sites (tertiary alicyclic amines) is 1. The van der Waals surface area contributed by atoms with E-state index in [2.05, 4.69) is 21.2 Å². The van der Waals surface area contributed by atoms with Crippen molar-refractivity contribution in [2.75, 3.05) is 31.1 Å². The number of amides is 3. The molecule has 3 amide bonds. The molecule has 2 aromatic rings. The van der Waals surface area contributed by atoms with Crippen molar-refractivity contribution in [2.24, 2.45) is 11.8 Å². The average Bonchev–Trinajstić information content (AvgIpc) is 3.66. The Morgan fingerprint density at radius 1 is 0.979 bits per heavy atom. The highest BCUT2D eigenvalue weighted by molar-refractivity contribution is 9.11. The fourth-order valence-corrected chi connectivity index (χ4v) is 7.95. The third-order valence-corrected chi connectivity index (χ3v) is 10.2. The first-order valence-electron chi connectivity index (χ1n) is 16.0. The van der Waals surface area contributed by atoms with Gasteiger partial charge in [-0.3, -0.25) is 19.2 Å². The number of rotatable bonds is 7. The second kappa shape index (κ2) is 14.3. The molecule has 0 radical (unpaired) electrons. The minimum absolute atomic E-state index is 0.0248. The zero-order valence-electron chi connectivity index (χ0n) is 25.7. The van der Waals surface area contributed by atoms with Gasteiger partial charge >= 0.3 is 5.97 Å². The van der Waals surface area contributed by atoms with Gasteiger partial charge in [0.2, 0.25) is 11.8 Å². The Bertz CT molecular complexity index is 1570. The monoisotopic (exact) mass is 725 g/mol. The maximum absolute atomic E-state index is 14.8. The number of unbranched alkanes of at least 4 members (excludes halogenated alkanes) is 2. The molecule has 0 saturated carbocycles. The van der Waals surface area contributed by atoms with E-state index in [4.69, 9.17) is 21.1 Å². The molecule has 248 valence electrons. The van der Waals surface area contributed by atoms with Crippen LogP contribution in [0.15, 0.2) is 77.3 Å². The molecule has 2 saturated heterocycles. The molecule has 0 aliphatic carbocycles. The summed E-state index contributed by atoms with van der Waals surface area (Å²) < 4.78 is 13.3. The molecule has 47 heavy (non-hydrogen) atoms. The molecule has 2 aromatic carbocycles. The molecule has 4 aliphatic heterocycles. The molecule has 10 nitrogen and oxygen atoms in total. The number of hydrogen-bond acceptors (Lipinski definition) is 7. The van der Waals surface area contributed by atoms with Crippen molar-refractivity contribution >= 4 is 56.9 Å². The molecule has 5 bridgehead atoms. The van der Waals surface area contributed by atoms with E-state index in [1.165, 1.54) is 0 Å². The van der Waals surface area contributed by atoms with Gasteiger partial charge in [-0.15, -0.1) is 0 Å². The van der Waals surface area contributed by atoms with E-state index in [0.29, 0.717) is 46.4 Å². The Balaban J connectivity index is 1.43. The van der Waals surface area contributed by atoms with Crippen LogP contribution in [-0.2, 0) is 28.7 Å². The Morgan fingerprint density at radius 3 is 2.49 bits per heavy atom. The first-order valence-corrected chi connectivity index (χ1v) is 17.1. The number of esters is 1. The van der Waals surface area contributed by atoms with Crippen LogP contribution < -0.4 is 10.2 Å². The summed E-state index contributed by atoms with van der Waals surface area (Å²) in [7, 11) is 0. The van der Waals surface area contributed by atoms with Gasteiger partial charge in [-0.05, 0) is 61.6 Å². The highest BCUT2D eigenvalue weighted by Gasteiger charge is 2.75. The molecule has 6 rings (SSSR count). The molecule has 4 aliphatic rings. The number of fused-ring (bicyclic) bond motifs is 2. The maximum Gasteiger partial charge on any atom is 0.313 e. The van der Waals surface area contributed by atoms with Crippen molar-refractivity contribution in [2.45, 2.75) is 56.0 Å². The lowest BCUT2D eigenvalue weighted by Gasteiger charge is -2.36. The molecule has 2 fully saturated rings. The van der Waals surface area contributed by atoms with Gasteiger partial charge in [-0.2, -0.15) is 0 Å². The van der Waals surface area contributed by atoms with Crippen LogP contribution in [0, 0.1) is 11.8 Å². The van der Waals surface area contributed by atoms with Crippen LogP contribution >= 0.6 is 27.5 Å². The van der Waals surface area contributed by atoms with Crippen molar-refractivity contribution in [1.82, 2.24) is 10.2 Å². The number of aliphatic hydroxyl groups is 1. The molecule has 6 atom stereocenters. The number of carbonyl (C=O) groups excluding carboxylic acids is 4. The summed E-state index contributed by atoms with van der Waals surface area (Å²) in [5.41, 5.74) is -0.149. The molecular formula is C35H37BrClN3O7. The number of halogens is 2. The van der Waals surface area contributed by atoms with Crippen molar-refractivity contribution in [3.8, 4) is 0 Å². The minimum Gasteiger partial charge on any atom is -0.455 e. The predicted molar refractivity (Wildman–Crippen MR) is 178 cm³/mol. The van der Waals surface area contributed by atoms with Gasteiger partial charge in [-0.1, -0.05) is 70.0 Å². The highest BCUT2D eigenvalue weighted by atomic mass is 79.9. The highest BCUT2D eigenvalue weighted by Crippen LogP contribution is 2.59. The van der Waals surface area contributed by atoms with Gasteiger partial charge in [0.1, 0.15) is 29.8 Å². The number of ether oxygens (including phenoxy) is 2. The fourth-order valence-electron chi connectivity index (χ4n) is 7.09. The number of cyclic esters (lactones) is 1. The third kappa shape index (κ3) is 6.50. The number of nitrogens with one attached hydrogen (secondary N) is 1. The van der Waals surface area contributed by atoms with Crippen molar-refractivity contribution in [3.05, 3.63) is 87.9 Å². The molecule has 0 unspecified atom stereocenters. The van der Waals surface area contributed by atoms with Gasteiger partial charge in [0.05, 0.1) is 12.5 Å². The first-order chi connectivity index (χ1) is 22.7.